The van der Waals surface area contributed by atoms with Gasteiger partial charge in [0.25, 0.3) is 0 Å². The summed E-state index contributed by atoms with van der Waals surface area (Å²) in [5.41, 5.74) is 0.845. The maximum absolute atomic E-state index is 12.2. The number of nitrogens with zero attached hydrogens (tertiary/aromatic N) is 2. The molecule has 2 heterocycles. The summed E-state index contributed by atoms with van der Waals surface area (Å²) in [6.07, 6.45) is 1.31. The van der Waals surface area contributed by atoms with E-state index in [2.05, 4.69) is 10.3 Å². The minimum absolute atomic E-state index is 0.0421. The van der Waals surface area contributed by atoms with Crippen LogP contribution in [-0.2, 0) is 16.1 Å². The monoisotopic (exact) mass is 293 g/mol. The SMILES string of the molecule is CC(NCc1ccc(C(=O)O)cn1)C(=O)N1CCOCC1. The van der Waals surface area contributed by atoms with E-state index in [0.717, 1.165) is 0 Å². The van der Waals surface area contributed by atoms with Gasteiger partial charge in [-0.1, -0.05) is 0 Å². The number of aromatic carboxylic acids is 1. The predicted molar refractivity (Wildman–Crippen MR) is 74.9 cm³/mol. The van der Waals surface area contributed by atoms with Gasteiger partial charge in [0.05, 0.1) is 30.5 Å². The molecule has 0 saturated carbocycles. The van der Waals surface area contributed by atoms with Crippen molar-refractivity contribution in [2.24, 2.45) is 0 Å². The van der Waals surface area contributed by atoms with Gasteiger partial charge < -0.3 is 20.1 Å². The van der Waals surface area contributed by atoms with Gasteiger partial charge in [-0.2, -0.15) is 0 Å². The van der Waals surface area contributed by atoms with Crippen LogP contribution in [-0.4, -0.2) is 59.2 Å². The van der Waals surface area contributed by atoms with Crippen molar-refractivity contribution in [3.05, 3.63) is 29.6 Å². The van der Waals surface area contributed by atoms with E-state index in [1.165, 1.54) is 12.3 Å². The highest BCUT2D eigenvalue weighted by atomic mass is 16.5. The number of pyridine rings is 1. The van der Waals surface area contributed by atoms with E-state index in [-0.39, 0.29) is 17.5 Å². The number of amides is 1. The lowest BCUT2D eigenvalue weighted by molar-refractivity contribution is -0.137. The van der Waals surface area contributed by atoms with Crippen molar-refractivity contribution in [1.29, 1.82) is 0 Å². The molecular weight excluding hydrogens is 274 g/mol. The van der Waals surface area contributed by atoms with Gasteiger partial charge in [-0.3, -0.25) is 9.78 Å². The van der Waals surface area contributed by atoms with E-state index in [0.29, 0.717) is 38.5 Å². The van der Waals surface area contributed by atoms with Crippen LogP contribution in [0.15, 0.2) is 18.3 Å². The molecule has 1 amide bonds. The number of hydrogen-bond acceptors (Lipinski definition) is 5. The predicted octanol–water partition coefficient (Wildman–Crippen LogP) is 0.117. The third-order valence-corrected chi connectivity index (χ3v) is 3.35. The minimum atomic E-state index is -1.00. The van der Waals surface area contributed by atoms with Gasteiger partial charge >= 0.3 is 5.97 Å². The summed E-state index contributed by atoms with van der Waals surface area (Å²) in [7, 11) is 0. The maximum atomic E-state index is 12.2. The molecule has 0 spiro atoms. The number of rotatable bonds is 5. The molecule has 1 aliphatic rings. The highest BCUT2D eigenvalue weighted by molar-refractivity contribution is 5.87. The zero-order valence-electron chi connectivity index (χ0n) is 11.9. The number of carbonyl (C=O) groups excluding carboxylic acids is 1. The molecule has 1 saturated heterocycles. The molecule has 1 unspecified atom stereocenters. The number of aromatic nitrogens is 1. The van der Waals surface area contributed by atoms with Crippen LogP contribution in [0.3, 0.4) is 0 Å². The van der Waals surface area contributed by atoms with Crippen LogP contribution >= 0.6 is 0 Å². The Balaban J connectivity index is 1.83. The zero-order valence-corrected chi connectivity index (χ0v) is 11.9. The standard InChI is InChI=1S/C14H19N3O4/c1-10(13(18)17-4-6-21-7-5-17)15-9-12-3-2-11(8-16-12)14(19)20/h2-3,8,10,15H,4-7,9H2,1H3,(H,19,20). The second-order valence-corrected chi connectivity index (χ2v) is 4.88. The maximum Gasteiger partial charge on any atom is 0.337 e. The van der Waals surface area contributed by atoms with Crippen LogP contribution in [0.1, 0.15) is 23.0 Å². The molecule has 0 aliphatic carbocycles. The highest BCUT2D eigenvalue weighted by Gasteiger charge is 2.21. The van der Waals surface area contributed by atoms with Crippen molar-refractivity contribution < 1.29 is 19.4 Å². The first-order valence-electron chi connectivity index (χ1n) is 6.86. The van der Waals surface area contributed by atoms with Crippen LogP contribution in [0.25, 0.3) is 0 Å². The molecule has 2 N–H and O–H groups in total. The Morgan fingerprint density at radius 3 is 2.71 bits per heavy atom. The Kier molecular flexibility index (Phi) is 5.24. The van der Waals surface area contributed by atoms with E-state index in [1.807, 2.05) is 6.92 Å². The summed E-state index contributed by atoms with van der Waals surface area (Å²) in [6, 6.07) is 2.83. The lowest BCUT2D eigenvalue weighted by Gasteiger charge is -2.29. The third kappa shape index (κ3) is 4.24. The van der Waals surface area contributed by atoms with Crippen LogP contribution in [0, 0.1) is 0 Å². The van der Waals surface area contributed by atoms with Crippen molar-refractivity contribution in [3.8, 4) is 0 Å². The minimum Gasteiger partial charge on any atom is -0.478 e. The smallest absolute Gasteiger partial charge is 0.337 e. The van der Waals surface area contributed by atoms with Gasteiger partial charge in [0.15, 0.2) is 0 Å². The van der Waals surface area contributed by atoms with Gasteiger partial charge in [-0.25, -0.2) is 4.79 Å². The lowest BCUT2D eigenvalue weighted by atomic mass is 10.2. The van der Waals surface area contributed by atoms with E-state index in [1.54, 1.807) is 11.0 Å². The summed E-state index contributed by atoms with van der Waals surface area (Å²) in [6.45, 7) is 4.63. The van der Waals surface area contributed by atoms with Gasteiger partial charge in [-0.05, 0) is 19.1 Å². The van der Waals surface area contributed by atoms with E-state index < -0.39 is 5.97 Å². The summed E-state index contributed by atoms with van der Waals surface area (Å²) in [4.78, 5) is 28.7. The average Bonchev–Trinajstić information content (AvgIpc) is 2.53. The Morgan fingerprint density at radius 2 is 2.14 bits per heavy atom. The van der Waals surface area contributed by atoms with Crippen LogP contribution in [0.5, 0.6) is 0 Å². The molecule has 7 heteroatoms. The van der Waals surface area contributed by atoms with E-state index >= 15 is 0 Å². The van der Waals surface area contributed by atoms with Crippen LogP contribution < -0.4 is 5.32 Å². The molecule has 114 valence electrons. The Morgan fingerprint density at radius 1 is 1.43 bits per heavy atom. The molecule has 1 atom stereocenters. The molecule has 2 rings (SSSR count). The summed E-state index contributed by atoms with van der Waals surface area (Å²) >= 11 is 0. The van der Waals surface area contributed by atoms with Gasteiger partial charge in [0, 0.05) is 25.8 Å². The number of carboxylic acid groups (broad SMARTS) is 1. The fourth-order valence-corrected chi connectivity index (χ4v) is 2.06. The summed E-state index contributed by atoms with van der Waals surface area (Å²) in [5.74, 6) is -0.960. The van der Waals surface area contributed by atoms with E-state index in [4.69, 9.17) is 9.84 Å². The van der Waals surface area contributed by atoms with Crippen LogP contribution in [0.2, 0.25) is 0 Å². The molecule has 21 heavy (non-hydrogen) atoms. The van der Waals surface area contributed by atoms with Gasteiger partial charge in [0.2, 0.25) is 5.91 Å². The van der Waals surface area contributed by atoms with E-state index in [9.17, 15) is 9.59 Å². The largest absolute Gasteiger partial charge is 0.478 e. The highest BCUT2D eigenvalue weighted by Crippen LogP contribution is 2.03. The average molecular weight is 293 g/mol. The summed E-state index contributed by atoms with van der Waals surface area (Å²) in [5, 5.41) is 11.9. The first kappa shape index (κ1) is 15.4. The van der Waals surface area contributed by atoms with Gasteiger partial charge in [0.1, 0.15) is 0 Å². The molecule has 0 radical (unpaired) electrons. The molecule has 0 aromatic carbocycles. The zero-order chi connectivity index (χ0) is 15.2. The fourth-order valence-electron chi connectivity index (χ4n) is 2.06. The number of carbonyl (C=O) groups is 2. The molecule has 0 bridgehead atoms. The number of nitrogens with one attached hydrogen (secondary N) is 1. The first-order chi connectivity index (χ1) is 10.1. The third-order valence-electron chi connectivity index (χ3n) is 3.35. The molecular formula is C14H19N3O4. The first-order valence-corrected chi connectivity index (χ1v) is 6.86. The number of hydrogen-bond donors (Lipinski definition) is 2. The van der Waals surface area contributed by atoms with Crippen molar-refractivity contribution in [3.63, 3.8) is 0 Å². The Labute approximate surface area is 122 Å². The van der Waals surface area contributed by atoms with Crippen molar-refractivity contribution in [2.45, 2.75) is 19.5 Å². The topological polar surface area (TPSA) is 91.8 Å². The molecule has 7 nitrogen and oxygen atoms in total. The van der Waals surface area contributed by atoms with Crippen molar-refractivity contribution in [2.75, 3.05) is 26.3 Å². The second kappa shape index (κ2) is 7.14. The lowest BCUT2D eigenvalue weighted by Crippen LogP contribution is -2.49. The Bertz CT molecular complexity index is 497. The molecule has 1 aromatic heterocycles. The van der Waals surface area contributed by atoms with Crippen molar-refractivity contribution >= 4 is 11.9 Å². The second-order valence-electron chi connectivity index (χ2n) is 4.88. The number of morpholine rings is 1. The quantitative estimate of drug-likeness (QED) is 0.801. The molecule has 1 fully saturated rings. The fraction of sp³-hybridized carbons (Fsp3) is 0.500. The summed E-state index contributed by atoms with van der Waals surface area (Å²) < 4.78 is 5.22. The molecule has 1 aliphatic heterocycles. The van der Waals surface area contributed by atoms with Crippen LogP contribution in [0.4, 0.5) is 0 Å². The van der Waals surface area contributed by atoms with Gasteiger partial charge in [-0.15, -0.1) is 0 Å². The number of carboxylic acids is 1. The molecule has 1 aromatic rings. The normalized spacial score (nSPS) is 16.5. The van der Waals surface area contributed by atoms with Crippen molar-refractivity contribution in [1.82, 2.24) is 15.2 Å². The number of ether oxygens (including phenoxy) is 1. The Hall–Kier alpha value is -1.99.